The van der Waals surface area contributed by atoms with Crippen molar-refractivity contribution in [2.45, 2.75) is 12.7 Å². The molecule has 0 unspecified atom stereocenters. The van der Waals surface area contributed by atoms with E-state index in [1.807, 2.05) is 4.90 Å². The van der Waals surface area contributed by atoms with Crippen LogP contribution in [0.15, 0.2) is 51.6 Å². The molecule has 1 saturated heterocycles. The van der Waals surface area contributed by atoms with Gasteiger partial charge < -0.3 is 13.8 Å². The molecule has 1 aliphatic rings. The van der Waals surface area contributed by atoms with Crippen LogP contribution in [0.2, 0.25) is 0 Å². The van der Waals surface area contributed by atoms with Crippen molar-refractivity contribution in [3.63, 3.8) is 0 Å². The van der Waals surface area contributed by atoms with E-state index in [0.29, 0.717) is 44.4 Å². The van der Waals surface area contributed by atoms with Gasteiger partial charge in [-0.15, -0.1) is 0 Å². The summed E-state index contributed by atoms with van der Waals surface area (Å²) >= 11 is 0. The van der Waals surface area contributed by atoms with Crippen LogP contribution in [0.1, 0.15) is 22.0 Å². The highest BCUT2D eigenvalue weighted by atomic mass is 19.4. The number of furan rings is 1. The molecule has 0 saturated carbocycles. The smallest absolute Gasteiger partial charge is 0.416 e. The van der Waals surface area contributed by atoms with Crippen LogP contribution in [-0.2, 0) is 12.7 Å². The summed E-state index contributed by atoms with van der Waals surface area (Å²) in [7, 11) is 0. The van der Waals surface area contributed by atoms with E-state index in [4.69, 9.17) is 8.94 Å². The third-order valence-corrected chi connectivity index (χ3v) is 4.67. The van der Waals surface area contributed by atoms with E-state index in [0.717, 1.165) is 12.1 Å². The highest BCUT2D eigenvalue weighted by Crippen LogP contribution is 2.31. The Morgan fingerprint density at radius 3 is 2.59 bits per heavy atom. The Morgan fingerprint density at radius 1 is 1.10 bits per heavy atom. The minimum Gasteiger partial charge on any atom is -0.459 e. The zero-order valence-electron chi connectivity index (χ0n) is 15.2. The lowest BCUT2D eigenvalue weighted by molar-refractivity contribution is -0.137. The minimum atomic E-state index is -4.44. The van der Waals surface area contributed by atoms with Crippen LogP contribution in [0.5, 0.6) is 0 Å². The van der Waals surface area contributed by atoms with Gasteiger partial charge in [0.25, 0.3) is 5.91 Å². The number of benzene rings is 1. The zero-order valence-corrected chi connectivity index (χ0v) is 15.2. The van der Waals surface area contributed by atoms with E-state index in [1.165, 1.54) is 18.4 Å². The van der Waals surface area contributed by atoms with Gasteiger partial charge in [0.2, 0.25) is 11.7 Å². The second-order valence-electron chi connectivity index (χ2n) is 6.64. The van der Waals surface area contributed by atoms with Gasteiger partial charge in [-0.1, -0.05) is 17.3 Å². The molecule has 0 atom stereocenters. The van der Waals surface area contributed by atoms with Crippen molar-refractivity contribution >= 4 is 5.91 Å². The van der Waals surface area contributed by atoms with Crippen LogP contribution in [0.4, 0.5) is 13.2 Å². The molecule has 0 N–H and O–H groups in total. The molecule has 1 amide bonds. The summed E-state index contributed by atoms with van der Waals surface area (Å²) < 4.78 is 49.0. The van der Waals surface area contributed by atoms with Crippen molar-refractivity contribution < 1.29 is 26.9 Å². The number of halogens is 3. The Kier molecular flexibility index (Phi) is 5.10. The molecule has 4 rings (SSSR count). The van der Waals surface area contributed by atoms with Gasteiger partial charge in [-0.2, -0.15) is 18.2 Å². The van der Waals surface area contributed by atoms with Gasteiger partial charge in [-0.05, 0) is 24.3 Å². The number of amides is 1. The number of alkyl halides is 3. The maximum Gasteiger partial charge on any atom is 0.416 e. The van der Waals surface area contributed by atoms with Crippen LogP contribution in [0, 0.1) is 0 Å². The molecule has 1 aliphatic heterocycles. The van der Waals surface area contributed by atoms with Crippen molar-refractivity contribution in [2.75, 3.05) is 26.2 Å². The number of hydrogen-bond donors (Lipinski definition) is 0. The first-order chi connectivity index (χ1) is 13.9. The Morgan fingerprint density at radius 2 is 1.90 bits per heavy atom. The third kappa shape index (κ3) is 4.32. The molecule has 0 radical (unpaired) electrons. The second-order valence-corrected chi connectivity index (χ2v) is 6.64. The Balaban J connectivity index is 1.36. The molecule has 7 nitrogen and oxygen atoms in total. The molecule has 3 heterocycles. The van der Waals surface area contributed by atoms with Gasteiger partial charge in [0, 0.05) is 31.7 Å². The molecule has 152 valence electrons. The summed E-state index contributed by atoms with van der Waals surface area (Å²) in [6.45, 7) is 2.61. The molecule has 10 heteroatoms. The molecular weight excluding hydrogens is 389 g/mol. The number of carbonyl (C=O) groups is 1. The summed E-state index contributed by atoms with van der Waals surface area (Å²) in [6.07, 6.45) is -2.98. The lowest BCUT2D eigenvalue weighted by Gasteiger charge is -2.33. The van der Waals surface area contributed by atoms with Crippen molar-refractivity contribution in [3.05, 3.63) is 59.9 Å². The quantitative estimate of drug-likeness (QED) is 0.662. The van der Waals surface area contributed by atoms with Gasteiger partial charge in [-0.25, -0.2) is 0 Å². The molecule has 0 aliphatic carbocycles. The molecule has 1 aromatic carbocycles. The summed E-state index contributed by atoms with van der Waals surface area (Å²) in [5.41, 5.74) is -0.526. The first-order valence-electron chi connectivity index (χ1n) is 8.95. The predicted molar refractivity (Wildman–Crippen MR) is 94.6 cm³/mol. The highest BCUT2D eigenvalue weighted by Gasteiger charge is 2.31. The fourth-order valence-corrected chi connectivity index (χ4v) is 3.13. The standard InChI is InChI=1S/C19H17F3N4O3/c20-19(21,22)14-4-1-3-13(11-14)17-23-16(29-24-17)12-25-6-8-26(9-7-25)18(27)15-5-2-10-28-15/h1-5,10-11H,6-9,12H2. The summed E-state index contributed by atoms with van der Waals surface area (Å²) in [4.78, 5) is 20.2. The van der Waals surface area contributed by atoms with Gasteiger partial charge in [0.05, 0.1) is 18.4 Å². The Labute approximate surface area is 163 Å². The van der Waals surface area contributed by atoms with Crippen LogP contribution in [0.25, 0.3) is 11.4 Å². The number of carbonyl (C=O) groups excluding carboxylic acids is 1. The van der Waals surface area contributed by atoms with Crippen molar-refractivity contribution in [3.8, 4) is 11.4 Å². The maximum atomic E-state index is 12.9. The summed E-state index contributed by atoms with van der Waals surface area (Å²) in [6, 6.07) is 8.09. The number of hydrogen-bond acceptors (Lipinski definition) is 6. The average molecular weight is 406 g/mol. The van der Waals surface area contributed by atoms with Gasteiger partial charge >= 0.3 is 6.18 Å². The SMILES string of the molecule is O=C(c1ccco1)N1CCN(Cc2nc(-c3cccc(C(F)(F)F)c3)no2)CC1. The zero-order chi connectivity index (χ0) is 20.4. The topological polar surface area (TPSA) is 75.6 Å². The number of piperazine rings is 1. The number of rotatable bonds is 4. The molecule has 1 fully saturated rings. The lowest BCUT2D eigenvalue weighted by atomic mass is 10.1. The lowest BCUT2D eigenvalue weighted by Crippen LogP contribution is -2.48. The summed E-state index contributed by atoms with van der Waals surface area (Å²) in [5.74, 6) is 0.571. The minimum absolute atomic E-state index is 0.109. The van der Waals surface area contributed by atoms with E-state index in [1.54, 1.807) is 17.0 Å². The largest absolute Gasteiger partial charge is 0.459 e. The Hall–Kier alpha value is -3.14. The molecular formula is C19H17F3N4O3. The first kappa shape index (κ1) is 19.2. The predicted octanol–water partition coefficient (Wildman–Crippen LogP) is 3.31. The van der Waals surface area contributed by atoms with E-state index < -0.39 is 11.7 Å². The van der Waals surface area contributed by atoms with Crippen LogP contribution >= 0.6 is 0 Å². The monoisotopic (exact) mass is 406 g/mol. The fraction of sp³-hybridized carbons (Fsp3) is 0.316. The second kappa shape index (κ2) is 7.70. The first-order valence-corrected chi connectivity index (χ1v) is 8.95. The van der Waals surface area contributed by atoms with Gasteiger partial charge in [0.1, 0.15) is 0 Å². The molecule has 3 aromatic rings. The molecule has 0 spiro atoms. The summed E-state index contributed by atoms with van der Waals surface area (Å²) in [5, 5.41) is 3.79. The van der Waals surface area contributed by atoms with Crippen molar-refractivity contribution in [1.29, 1.82) is 0 Å². The maximum absolute atomic E-state index is 12.9. The normalized spacial score (nSPS) is 15.6. The highest BCUT2D eigenvalue weighted by molar-refractivity contribution is 5.91. The van der Waals surface area contributed by atoms with E-state index in [-0.39, 0.29) is 17.3 Å². The van der Waals surface area contributed by atoms with Gasteiger partial charge in [-0.3, -0.25) is 9.69 Å². The molecule has 2 aromatic heterocycles. The van der Waals surface area contributed by atoms with Crippen LogP contribution in [-0.4, -0.2) is 52.0 Å². The van der Waals surface area contributed by atoms with E-state index >= 15 is 0 Å². The Bertz CT molecular complexity index is 977. The molecule has 0 bridgehead atoms. The van der Waals surface area contributed by atoms with Crippen LogP contribution in [0.3, 0.4) is 0 Å². The van der Waals surface area contributed by atoms with Gasteiger partial charge in [0.15, 0.2) is 5.76 Å². The van der Waals surface area contributed by atoms with Crippen LogP contribution < -0.4 is 0 Å². The van der Waals surface area contributed by atoms with E-state index in [2.05, 4.69) is 10.1 Å². The van der Waals surface area contributed by atoms with Crippen molar-refractivity contribution in [2.24, 2.45) is 0 Å². The average Bonchev–Trinajstić information content (AvgIpc) is 3.40. The number of aromatic nitrogens is 2. The van der Waals surface area contributed by atoms with E-state index in [9.17, 15) is 18.0 Å². The third-order valence-electron chi connectivity index (χ3n) is 4.67. The fourth-order valence-electron chi connectivity index (χ4n) is 3.13. The van der Waals surface area contributed by atoms with Crippen molar-refractivity contribution in [1.82, 2.24) is 19.9 Å². The number of nitrogens with zero attached hydrogens (tertiary/aromatic N) is 4. The molecule has 29 heavy (non-hydrogen) atoms.